The molecule has 29 heavy (non-hydrogen) atoms. The Morgan fingerprint density at radius 2 is 2.24 bits per heavy atom. The topological polar surface area (TPSA) is 106 Å². The molecule has 1 aliphatic heterocycles. The van der Waals surface area contributed by atoms with Crippen LogP contribution in [0, 0.1) is 0 Å². The molecule has 1 aliphatic rings. The molecule has 0 saturated carbocycles. The van der Waals surface area contributed by atoms with Gasteiger partial charge < -0.3 is 20.7 Å². The molecule has 1 amide bonds. The van der Waals surface area contributed by atoms with Crippen LogP contribution in [0.3, 0.4) is 0 Å². The third-order valence-corrected chi connectivity index (χ3v) is 4.94. The second-order valence-electron chi connectivity index (χ2n) is 6.97. The van der Waals surface area contributed by atoms with E-state index in [-0.39, 0.29) is 5.91 Å². The number of carbonyl (C=O) groups is 1. The molecule has 1 aromatic heterocycles. The second kappa shape index (κ2) is 10.1. The van der Waals surface area contributed by atoms with Crippen molar-refractivity contribution in [1.29, 1.82) is 0 Å². The highest BCUT2D eigenvalue weighted by molar-refractivity contribution is 6.38. The molecule has 1 atom stereocenters. The number of nitrogens with two attached hydrogens (primary N) is 1. The number of methoxy groups -OCH3 is 1. The third kappa shape index (κ3) is 4.96. The molecule has 2 aromatic rings. The maximum atomic E-state index is 12.3. The van der Waals surface area contributed by atoms with E-state index in [1.165, 1.54) is 11.9 Å². The number of amides is 1. The van der Waals surface area contributed by atoms with Gasteiger partial charge in [-0.2, -0.15) is 0 Å². The summed E-state index contributed by atoms with van der Waals surface area (Å²) < 4.78 is 5.00. The molecule has 0 fully saturated rings. The van der Waals surface area contributed by atoms with Gasteiger partial charge in [0.1, 0.15) is 17.7 Å². The van der Waals surface area contributed by atoms with Crippen molar-refractivity contribution in [1.82, 2.24) is 15.3 Å². The lowest BCUT2D eigenvalue weighted by molar-refractivity contribution is -0.114. The Kier molecular flexibility index (Phi) is 7.26. The Hall–Kier alpha value is -2.84. The van der Waals surface area contributed by atoms with Crippen molar-refractivity contribution in [2.24, 2.45) is 10.7 Å². The van der Waals surface area contributed by atoms with E-state index < -0.39 is 0 Å². The summed E-state index contributed by atoms with van der Waals surface area (Å²) in [6.45, 7) is 4.24. The van der Waals surface area contributed by atoms with Gasteiger partial charge in [-0.25, -0.2) is 15.0 Å². The Morgan fingerprint density at radius 3 is 3.03 bits per heavy atom. The van der Waals surface area contributed by atoms with Crippen LogP contribution in [-0.4, -0.2) is 54.9 Å². The summed E-state index contributed by atoms with van der Waals surface area (Å²) in [4.78, 5) is 27.6. The predicted molar refractivity (Wildman–Crippen MR) is 114 cm³/mol. The zero-order valence-electron chi connectivity index (χ0n) is 17.0. The number of hydrogen-bond donors (Lipinski definition) is 2. The average Bonchev–Trinajstić information content (AvgIpc) is 3.10. The molecule has 8 heteroatoms. The van der Waals surface area contributed by atoms with E-state index in [1.807, 2.05) is 12.1 Å². The summed E-state index contributed by atoms with van der Waals surface area (Å²) in [7, 11) is 1.64. The minimum Gasteiger partial charge on any atom is -0.385 e. The number of ether oxygens (including phenoxy) is 1. The fraction of sp³-hybridized carbons (Fsp3) is 0.429. The highest BCUT2D eigenvalue weighted by Crippen LogP contribution is 2.43. The average molecular weight is 396 g/mol. The first-order valence-corrected chi connectivity index (χ1v) is 9.84. The van der Waals surface area contributed by atoms with Crippen molar-refractivity contribution in [3.63, 3.8) is 0 Å². The van der Waals surface area contributed by atoms with E-state index in [1.54, 1.807) is 20.2 Å². The lowest BCUT2D eigenvalue weighted by Gasteiger charge is -2.20. The first kappa shape index (κ1) is 20.9. The number of fused-ring (bicyclic) bond motifs is 1. The minimum atomic E-state index is -0.210. The van der Waals surface area contributed by atoms with Crippen LogP contribution in [0.2, 0.25) is 0 Å². The SMILES string of the molecule is COCCCNC(=O)C(C)=Nc1cncnc1N1CC(CCN)c2ccccc21. The van der Waals surface area contributed by atoms with Gasteiger partial charge in [-0.15, -0.1) is 0 Å². The second-order valence-corrected chi connectivity index (χ2v) is 6.97. The molecule has 0 aliphatic carbocycles. The van der Waals surface area contributed by atoms with Gasteiger partial charge in [-0.1, -0.05) is 18.2 Å². The molecule has 0 bridgehead atoms. The number of carbonyl (C=O) groups excluding carboxylic acids is 1. The van der Waals surface area contributed by atoms with Crippen molar-refractivity contribution in [2.45, 2.75) is 25.7 Å². The van der Waals surface area contributed by atoms with Crippen molar-refractivity contribution >= 4 is 28.8 Å². The van der Waals surface area contributed by atoms with Crippen LogP contribution in [-0.2, 0) is 9.53 Å². The van der Waals surface area contributed by atoms with Gasteiger partial charge in [0.15, 0.2) is 5.82 Å². The van der Waals surface area contributed by atoms with Gasteiger partial charge in [0.05, 0.1) is 6.20 Å². The van der Waals surface area contributed by atoms with Crippen LogP contribution in [0.25, 0.3) is 0 Å². The minimum absolute atomic E-state index is 0.210. The Labute approximate surface area is 171 Å². The van der Waals surface area contributed by atoms with E-state index in [0.717, 1.165) is 25.1 Å². The number of anilines is 2. The normalized spacial score (nSPS) is 16.0. The zero-order chi connectivity index (χ0) is 20.6. The van der Waals surface area contributed by atoms with E-state index in [0.29, 0.717) is 42.8 Å². The van der Waals surface area contributed by atoms with Crippen LogP contribution < -0.4 is 16.0 Å². The lowest BCUT2D eigenvalue weighted by Crippen LogP contribution is -2.30. The third-order valence-electron chi connectivity index (χ3n) is 4.94. The number of benzene rings is 1. The van der Waals surface area contributed by atoms with E-state index in [2.05, 4.69) is 37.3 Å². The molecule has 3 rings (SSSR count). The summed E-state index contributed by atoms with van der Waals surface area (Å²) in [6, 6.07) is 8.28. The number of aliphatic imine (C=N–C) groups is 1. The van der Waals surface area contributed by atoms with Gasteiger partial charge in [-0.05, 0) is 37.9 Å². The number of aromatic nitrogens is 2. The van der Waals surface area contributed by atoms with E-state index in [4.69, 9.17) is 10.5 Å². The van der Waals surface area contributed by atoms with Gasteiger partial charge in [0.2, 0.25) is 0 Å². The number of nitrogens with one attached hydrogen (secondary N) is 1. The van der Waals surface area contributed by atoms with Crippen LogP contribution in [0.4, 0.5) is 17.2 Å². The molecule has 3 N–H and O–H groups in total. The van der Waals surface area contributed by atoms with Crippen molar-refractivity contribution in [2.75, 3.05) is 38.3 Å². The first-order valence-electron chi connectivity index (χ1n) is 9.84. The Bertz CT molecular complexity index is 870. The Morgan fingerprint density at radius 1 is 1.41 bits per heavy atom. The predicted octanol–water partition coefficient (Wildman–Crippen LogP) is 2.31. The summed E-state index contributed by atoms with van der Waals surface area (Å²) in [6.07, 6.45) is 4.80. The van der Waals surface area contributed by atoms with Crippen molar-refractivity contribution in [3.05, 3.63) is 42.4 Å². The molecule has 1 unspecified atom stereocenters. The zero-order valence-corrected chi connectivity index (χ0v) is 17.0. The molecular formula is C21H28N6O2. The van der Waals surface area contributed by atoms with Gasteiger partial charge in [0, 0.05) is 38.4 Å². The van der Waals surface area contributed by atoms with E-state index >= 15 is 0 Å². The maximum Gasteiger partial charge on any atom is 0.265 e. The fourth-order valence-corrected chi connectivity index (χ4v) is 3.52. The molecule has 0 saturated heterocycles. The molecule has 154 valence electrons. The van der Waals surface area contributed by atoms with Gasteiger partial charge in [0.25, 0.3) is 5.91 Å². The highest BCUT2D eigenvalue weighted by Gasteiger charge is 2.30. The number of para-hydroxylation sites is 1. The number of rotatable bonds is 9. The maximum absolute atomic E-state index is 12.3. The molecule has 8 nitrogen and oxygen atoms in total. The smallest absolute Gasteiger partial charge is 0.265 e. The monoisotopic (exact) mass is 396 g/mol. The molecule has 0 radical (unpaired) electrons. The fourth-order valence-electron chi connectivity index (χ4n) is 3.52. The summed E-state index contributed by atoms with van der Waals surface area (Å²) in [5, 5.41) is 2.85. The lowest BCUT2D eigenvalue weighted by atomic mass is 9.98. The number of nitrogens with zero attached hydrogens (tertiary/aromatic N) is 4. The molecular weight excluding hydrogens is 368 g/mol. The summed E-state index contributed by atoms with van der Waals surface area (Å²) in [5.41, 5.74) is 9.12. The van der Waals surface area contributed by atoms with Gasteiger partial charge >= 0.3 is 0 Å². The van der Waals surface area contributed by atoms with Gasteiger partial charge in [-0.3, -0.25) is 4.79 Å². The van der Waals surface area contributed by atoms with Crippen molar-refractivity contribution in [3.8, 4) is 0 Å². The largest absolute Gasteiger partial charge is 0.385 e. The Balaban J connectivity index is 1.83. The van der Waals surface area contributed by atoms with Crippen LogP contribution in [0.1, 0.15) is 31.2 Å². The van der Waals surface area contributed by atoms with Crippen LogP contribution in [0.5, 0.6) is 0 Å². The first-order chi connectivity index (χ1) is 14.2. The van der Waals surface area contributed by atoms with Crippen LogP contribution in [0.15, 0.2) is 41.8 Å². The molecule has 2 heterocycles. The van der Waals surface area contributed by atoms with Crippen molar-refractivity contribution < 1.29 is 9.53 Å². The number of hydrogen-bond acceptors (Lipinski definition) is 7. The molecule has 0 spiro atoms. The molecule has 1 aromatic carbocycles. The van der Waals surface area contributed by atoms with E-state index in [9.17, 15) is 4.79 Å². The van der Waals surface area contributed by atoms with Crippen LogP contribution >= 0.6 is 0 Å². The highest BCUT2D eigenvalue weighted by atomic mass is 16.5. The standard InChI is InChI=1S/C21H28N6O2/c1-15(21(28)24-10-5-11-29-2)26-18-12-23-14-25-20(18)27-13-16(8-9-22)17-6-3-4-7-19(17)27/h3-4,6-7,12,14,16H,5,8-11,13,22H2,1-2H3,(H,24,28). The quantitative estimate of drug-likeness (QED) is 0.498. The summed E-state index contributed by atoms with van der Waals surface area (Å²) in [5.74, 6) is 0.824. The summed E-state index contributed by atoms with van der Waals surface area (Å²) >= 11 is 0.